The first-order valence-corrected chi connectivity index (χ1v) is 22.7. The molecule has 9 atom stereocenters. The van der Waals surface area contributed by atoms with Gasteiger partial charge in [-0.1, -0.05) is 60.7 Å². The normalized spacial score (nSPS) is 12.9. The molecule has 2 unspecified atom stereocenters. The molecule has 0 aliphatic carbocycles. The molecule has 2 aromatic carbocycles. The molecule has 0 heterocycles. The average molecular weight is 1110 g/mol. The molecule has 2 aromatic rings. The largest absolute Gasteiger partial charge is 0.481 e. The lowest BCUT2D eigenvalue weighted by molar-refractivity contribution is -0.162. The van der Waals surface area contributed by atoms with E-state index in [9.17, 15) is 43.2 Å². The second-order valence-corrected chi connectivity index (χ2v) is 15.5. The lowest BCUT2D eigenvalue weighted by Crippen LogP contribution is -2.38. The van der Waals surface area contributed by atoms with E-state index in [1.54, 1.807) is 0 Å². The Hall–Kier alpha value is -6.94. The number of aliphatic hydroxyl groups excluding tert-OH is 4. The number of esters is 5. The molecule has 0 aliphatic heterocycles. The van der Waals surface area contributed by atoms with Crippen LogP contribution in [0.2, 0.25) is 0 Å². The van der Waals surface area contributed by atoms with Crippen LogP contribution in [0.1, 0.15) is 79.4 Å². The van der Waals surface area contributed by atoms with Gasteiger partial charge >= 0.3 is 53.7 Å². The van der Waals surface area contributed by atoms with Gasteiger partial charge < -0.3 is 106 Å². The molecule has 0 radical (unpaired) electrons. The summed E-state index contributed by atoms with van der Waals surface area (Å²) in [6.45, 7) is 10.5. The summed E-state index contributed by atoms with van der Waals surface area (Å²) in [5.41, 5.74) is 43.2. The minimum absolute atomic E-state index is 0.0907. The highest BCUT2D eigenvalue weighted by atomic mass is 16.6. The summed E-state index contributed by atoms with van der Waals surface area (Å²) < 4.78 is 12.9. The van der Waals surface area contributed by atoms with Crippen LogP contribution >= 0.6 is 0 Å². The predicted octanol–water partition coefficient (Wildman–Crippen LogP) is -3.64. The second kappa shape index (κ2) is 53.9. The Kier molecular flexibility index (Phi) is 58.8. The number of nitrogens with two attached hydrogens (primary N) is 8. The number of carbonyl (C=O) groups is 10. The first-order chi connectivity index (χ1) is 35.4. The van der Waals surface area contributed by atoms with Crippen molar-refractivity contribution in [2.75, 3.05) is 26.4 Å². The van der Waals surface area contributed by atoms with Gasteiger partial charge in [-0.15, -0.1) is 0 Å². The number of carboxylic acids is 5. The minimum Gasteiger partial charge on any atom is -0.481 e. The maximum Gasteiger partial charge on any atom is 0.330 e. The highest BCUT2D eigenvalue weighted by Gasteiger charge is 2.20. The number of aliphatic carboxylic acids is 5. The number of carboxylic acid groups (broad SMARTS) is 5. The van der Waals surface area contributed by atoms with Gasteiger partial charge in [-0.05, 0) is 78.0 Å². The van der Waals surface area contributed by atoms with Crippen molar-refractivity contribution in [3.63, 3.8) is 0 Å². The van der Waals surface area contributed by atoms with Crippen molar-refractivity contribution in [2.45, 2.75) is 136 Å². The quantitative estimate of drug-likeness (QED) is 0.0389. The topological polar surface area (TPSA) is 589 Å². The van der Waals surface area contributed by atoms with E-state index in [2.05, 4.69) is 14.2 Å². The maximum absolute atomic E-state index is 11.1. The molecule has 0 fully saturated rings. The molecule has 0 saturated heterocycles. The molecule has 0 aliphatic rings. The fourth-order valence-corrected chi connectivity index (χ4v) is 3.22. The number of ether oxygens (including phenoxy) is 3. The van der Waals surface area contributed by atoms with Gasteiger partial charge in [0.05, 0.1) is 25.4 Å². The number of carbonyl (C=O) groups excluding carboxylic acids is 5. The molecular weight excluding hydrogens is 1030 g/mol. The van der Waals surface area contributed by atoms with Crippen LogP contribution in [-0.4, -0.2) is 187 Å². The van der Waals surface area contributed by atoms with Crippen LogP contribution in [-0.2, 0) is 75.0 Å². The lowest BCUT2D eigenvalue weighted by Gasteiger charge is -2.10. The third-order valence-electron chi connectivity index (χ3n) is 7.12. The SMILES string of the molecule is CC(=O)O.CC(=O)OC(C)=O.CC(O)CO.CC(O)COC(=O)[C@@H](N)CO.C[C@H](N)C(=O)O.C[C@H](N)C(=O)O.C[C@H](N)C(=O)OC(=O)[C@@H](N)CCCN.N[C@@H](Cc1ccccc1)C(=O)O.N[C@@H](Cc1ccccc1)C(=O)O. The summed E-state index contributed by atoms with van der Waals surface area (Å²) in [6, 6.07) is 13.0. The van der Waals surface area contributed by atoms with E-state index < -0.39 is 121 Å². The van der Waals surface area contributed by atoms with E-state index in [-0.39, 0.29) is 13.2 Å². The van der Waals surface area contributed by atoms with Crippen LogP contribution in [0.25, 0.3) is 0 Å². The Morgan fingerprint density at radius 1 is 0.468 bits per heavy atom. The summed E-state index contributed by atoms with van der Waals surface area (Å²) in [7, 11) is 0. The fraction of sp³-hybridized carbons (Fsp3) is 0.532. The number of hydrogen-bond donors (Lipinski definition) is 17. The molecule has 0 aromatic heterocycles. The summed E-state index contributed by atoms with van der Waals surface area (Å²) in [5.74, 6) is -8.02. The monoisotopic (exact) mass is 1110 g/mol. The highest BCUT2D eigenvalue weighted by molar-refractivity contribution is 5.90. The third-order valence-corrected chi connectivity index (χ3v) is 7.12. The van der Waals surface area contributed by atoms with E-state index in [4.69, 9.17) is 96.6 Å². The minimum atomic E-state index is -1.01. The Bertz CT molecular complexity index is 1820. The lowest BCUT2D eigenvalue weighted by atomic mass is 10.1. The molecule has 25 N–H and O–H groups in total. The smallest absolute Gasteiger partial charge is 0.330 e. The van der Waals surface area contributed by atoms with E-state index >= 15 is 0 Å². The Labute approximate surface area is 446 Å². The predicted molar refractivity (Wildman–Crippen MR) is 277 cm³/mol. The zero-order chi connectivity index (χ0) is 62.0. The van der Waals surface area contributed by atoms with E-state index in [0.29, 0.717) is 32.2 Å². The molecule has 30 heteroatoms. The fourth-order valence-electron chi connectivity index (χ4n) is 3.22. The molecule has 444 valence electrons. The van der Waals surface area contributed by atoms with Gasteiger partial charge in [-0.3, -0.25) is 38.4 Å². The van der Waals surface area contributed by atoms with Gasteiger partial charge in [-0.2, -0.15) is 0 Å². The molecule has 0 spiro atoms. The van der Waals surface area contributed by atoms with Crippen LogP contribution in [0.4, 0.5) is 0 Å². The standard InChI is InChI=1S/2C9H11NO2.C8H17N3O3.C6H13NO4.C4H6O3.2C3H7NO2.C3H8O2.C2H4O2/c2*10-8(9(11)12)6-7-4-2-1-3-5-7;1-5(10)7(12)14-8(13)6(11)3-2-4-9;1-4(9)3-11-6(10)5(7)2-8;1-3(5)7-4(2)6;2*1-2(4)3(5)6;1-3(5)2-4;1-2(3)4/h2*1-5,8H,6,10H2,(H,11,12);5-6H,2-4,9-11H2,1H3;4-5,8-9H,2-3,7H2,1H3;1-2H3;2*2H,4H2,1H3,(H,5,6);3-5H,2H2,1H3;1H3,(H,3,4)/t2*8-;5-,6-;4?,5-;;2*2-;;/m0000.00../s1. The molecule has 2 rings (SSSR count). The van der Waals surface area contributed by atoms with Crippen molar-refractivity contribution >= 4 is 59.7 Å². The maximum atomic E-state index is 11.1. The molecule has 0 amide bonds. The Balaban J connectivity index is -0.000000147. The molecular formula is C47H84N8O22. The van der Waals surface area contributed by atoms with Crippen molar-refractivity contribution in [1.82, 2.24) is 0 Å². The van der Waals surface area contributed by atoms with Crippen LogP contribution in [0.5, 0.6) is 0 Å². The van der Waals surface area contributed by atoms with Crippen LogP contribution in [0, 0.1) is 0 Å². The highest BCUT2D eigenvalue weighted by Crippen LogP contribution is 2.02. The van der Waals surface area contributed by atoms with E-state index in [1.807, 2.05) is 60.7 Å². The summed E-state index contributed by atoms with van der Waals surface area (Å²) in [5, 5.41) is 73.2. The van der Waals surface area contributed by atoms with Crippen molar-refractivity contribution in [3.8, 4) is 0 Å². The Morgan fingerprint density at radius 2 is 0.792 bits per heavy atom. The first-order valence-electron chi connectivity index (χ1n) is 22.7. The second-order valence-electron chi connectivity index (χ2n) is 15.5. The number of aliphatic hydroxyl groups is 4. The average Bonchev–Trinajstić information content (AvgIpc) is 3.33. The third kappa shape index (κ3) is 71.2. The number of rotatable bonds is 18. The summed E-state index contributed by atoms with van der Waals surface area (Å²) in [6.07, 6.45) is 0.524. The van der Waals surface area contributed by atoms with Crippen LogP contribution in [0.3, 0.4) is 0 Å². The zero-order valence-corrected chi connectivity index (χ0v) is 44.6. The van der Waals surface area contributed by atoms with Gasteiger partial charge in [0.25, 0.3) is 5.97 Å². The van der Waals surface area contributed by atoms with Crippen molar-refractivity contribution in [1.29, 1.82) is 0 Å². The van der Waals surface area contributed by atoms with Gasteiger partial charge in [-0.25, -0.2) is 9.59 Å². The summed E-state index contributed by atoms with van der Waals surface area (Å²) >= 11 is 0. The van der Waals surface area contributed by atoms with Crippen molar-refractivity contribution < 1.29 is 108 Å². The van der Waals surface area contributed by atoms with Gasteiger partial charge in [0.2, 0.25) is 0 Å². The molecule has 30 nitrogen and oxygen atoms in total. The van der Waals surface area contributed by atoms with E-state index in [1.165, 1.54) is 48.5 Å². The first kappa shape index (κ1) is 84.0. The summed E-state index contributed by atoms with van der Waals surface area (Å²) in [4.78, 5) is 101. The molecule has 0 bridgehead atoms. The number of benzene rings is 2. The zero-order valence-electron chi connectivity index (χ0n) is 44.6. The van der Waals surface area contributed by atoms with Gasteiger partial charge in [0, 0.05) is 20.8 Å². The van der Waals surface area contributed by atoms with Gasteiger partial charge in [0.15, 0.2) is 0 Å². The van der Waals surface area contributed by atoms with Crippen molar-refractivity contribution in [2.24, 2.45) is 45.9 Å². The van der Waals surface area contributed by atoms with Crippen LogP contribution < -0.4 is 45.9 Å². The number of hydrogen-bond acceptors (Lipinski definition) is 25. The molecule has 77 heavy (non-hydrogen) atoms. The van der Waals surface area contributed by atoms with Gasteiger partial charge in [0.1, 0.15) is 48.9 Å². The van der Waals surface area contributed by atoms with Crippen LogP contribution in [0.15, 0.2) is 60.7 Å². The van der Waals surface area contributed by atoms with E-state index in [0.717, 1.165) is 18.1 Å². The Morgan fingerprint density at radius 3 is 1.00 bits per heavy atom. The molecule has 0 saturated carbocycles. The van der Waals surface area contributed by atoms with Crippen molar-refractivity contribution in [3.05, 3.63) is 71.8 Å².